The van der Waals surface area contributed by atoms with Gasteiger partial charge in [0.1, 0.15) is 5.82 Å². The summed E-state index contributed by atoms with van der Waals surface area (Å²) in [6.45, 7) is 0. The Balaban J connectivity index is 2.06. The number of hydrogen-bond donors (Lipinski definition) is 2. The average Bonchev–Trinajstić information content (AvgIpc) is 2.59. The fourth-order valence-corrected chi connectivity index (χ4v) is 1.24. The van der Waals surface area contributed by atoms with Gasteiger partial charge < -0.3 is 10.6 Å². The molecule has 1 heterocycles. The van der Waals surface area contributed by atoms with E-state index in [0.29, 0.717) is 11.4 Å². The summed E-state index contributed by atoms with van der Waals surface area (Å²) < 4.78 is 0. The third kappa shape index (κ3) is 2.57. The molecule has 2 rings (SSSR count). The Morgan fingerprint density at radius 2 is 2.06 bits per heavy atom. The molecular formula is C12H11N3O. The van der Waals surface area contributed by atoms with E-state index in [1.165, 1.54) is 0 Å². The number of rotatable bonds is 2. The van der Waals surface area contributed by atoms with Crippen LogP contribution in [0.25, 0.3) is 0 Å². The summed E-state index contributed by atoms with van der Waals surface area (Å²) in [6.07, 6.45) is 6.64. The van der Waals surface area contributed by atoms with Crippen molar-refractivity contribution in [3.05, 3.63) is 60.2 Å². The lowest BCUT2D eigenvalue weighted by Gasteiger charge is -2.07. The van der Waals surface area contributed by atoms with Crippen LogP contribution in [0.15, 0.2) is 59.6 Å². The fraction of sp³-hybridized carbons (Fsp3) is 0. The first-order chi connectivity index (χ1) is 7.86. The summed E-state index contributed by atoms with van der Waals surface area (Å²) in [6, 6.07) is 9.02. The van der Waals surface area contributed by atoms with Crippen LogP contribution in [0.3, 0.4) is 0 Å². The molecule has 1 amide bonds. The highest BCUT2D eigenvalue weighted by Crippen LogP contribution is 1.99. The van der Waals surface area contributed by atoms with Crippen LogP contribution in [0.1, 0.15) is 10.4 Å². The zero-order valence-corrected chi connectivity index (χ0v) is 8.55. The minimum absolute atomic E-state index is 0.162. The maximum absolute atomic E-state index is 11.8. The molecule has 0 aromatic heterocycles. The summed E-state index contributed by atoms with van der Waals surface area (Å²) in [5.74, 6) is 0.392. The van der Waals surface area contributed by atoms with Crippen LogP contribution in [0.4, 0.5) is 0 Å². The number of carbonyl (C=O) groups is 1. The van der Waals surface area contributed by atoms with Crippen molar-refractivity contribution < 1.29 is 4.79 Å². The van der Waals surface area contributed by atoms with E-state index in [1.807, 2.05) is 18.2 Å². The lowest BCUT2D eigenvalue weighted by atomic mass is 10.2. The zero-order valence-electron chi connectivity index (χ0n) is 8.55. The fourth-order valence-electron chi connectivity index (χ4n) is 1.24. The van der Waals surface area contributed by atoms with Crippen LogP contribution in [-0.2, 0) is 0 Å². The number of hydrogen-bond acceptors (Lipinski definition) is 3. The lowest BCUT2D eigenvalue weighted by molar-refractivity contribution is 0.0964. The molecule has 0 atom stereocenters. The van der Waals surface area contributed by atoms with Gasteiger partial charge in [-0.2, -0.15) is 0 Å². The largest absolute Gasteiger partial charge is 0.347 e. The van der Waals surface area contributed by atoms with Gasteiger partial charge in [-0.15, -0.1) is 0 Å². The number of nitrogens with zero attached hydrogens (tertiary/aromatic N) is 1. The number of nitrogens with one attached hydrogen (secondary N) is 2. The van der Waals surface area contributed by atoms with Gasteiger partial charge in [0.15, 0.2) is 0 Å². The van der Waals surface area contributed by atoms with Crippen molar-refractivity contribution in [1.29, 1.82) is 0 Å². The highest BCUT2D eigenvalue weighted by molar-refractivity contribution is 5.95. The average molecular weight is 213 g/mol. The van der Waals surface area contributed by atoms with Crippen LogP contribution in [-0.4, -0.2) is 12.1 Å². The van der Waals surface area contributed by atoms with Gasteiger partial charge in [-0.1, -0.05) is 18.2 Å². The molecule has 1 aliphatic rings. The Kier molecular flexibility index (Phi) is 3.13. The van der Waals surface area contributed by atoms with Gasteiger partial charge in [-0.05, 0) is 18.2 Å². The molecule has 16 heavy (non-hydrogen) atoms. The predicted octanol–water partition coefficient (Wildman–Crippen LogP) is 1.40. The Morgan fingerprint density at radius 1 is 1.25 bits per heavy atom. The van der Waals surface area contributed by atoms with E-state index in [-0.39, 0.29) is 5.91 Å². The number of aliphatic imine (C=N–C) groups is 1. The third-order valence-electron chi connectivity index (χ3n) is 2.00. The van der Waals surface area contributed by atoms with E-state index < -0.39 is 0 Å². The Morgan fingerprint density at radius 3 is 2.88 bits per heavy atom. The summed E-state index contributed by atoms with van der Waals surface area (Å²) in [7, 11) is 0. The van der Waals surface area contributed by atoms with E-state index in [9.17, 15) is 4.79 Å². The third-order valence-corrected chi connectivity index (χ3v) is 2.00. The van der Waals surface area contributed by atoms with E-state index in [0.717, 1.165) is 0 Å². The van der Waals surface area contributed by atoms with Gasteiger partial charge in [-0.3, -0.25) is 9.79 Å². The van der Waals surface area contributed by atoms with Crippen molar-refractivity contribution in [3.8, 4) is 0 Å². The van der Waals surface area contributed by atoms with Gasteiger partial charge in [0.2, 0.25) is 0 Å². The standard InChI is InChI=1S/C12H11N3O/c16-12(10-5-2-1-3-6-10)15-11-9-13-7-4-8-14-11/h1-9,14H,(H,15,16). The summed E-state index contributed by atoms with van der Waals surface area (Å²) >= 11 is 0. The molecule has 0 radical (unpaired) electrons. The van der Waals surface area contributed by atoms with Crippen LogP contribution in [0.2, 0.25) is 0 Å². The molecule has 0 saturated heterocycles. The van der Waals surface area contributed by atoms with Crippen molar-refractivity contribution in [2.45, 2.75) is 0 Å². The molecule has 1 aromatic rings. The summed E-state index contributed by atoms with van der Waals surface area (Å²) in [4.78, 5) is 15.7. The van der Waals surface area contributed by atoms with Gasteiger partial charge in [0.05, 0.1) is 6.20 Å². The molecule has 4 nitrogen and oxygen atoms in total. The second-order valence-electron chi connectivity index (χ2n) is 3.16. The molecule has 0 saturated carbocycles. The van der Waals surface area contributed by atoms with Crippen LogP contribution < -0.4 is 10.6 Å². The second kappa shape index (κ2) is 4.93. The Bertz CT molecular complexity index is 460. The van der Waals surface area contributed by atoms with Gasteiger partial charge in [0.25, 0.3) is 5.91 Å². The van der Waals surface area contributed by atoms with Gasteiger partial charge >= 0.3 is 0 Å². The van der Waals surface area contributed by atoms with Crippen molar-refractivity contribution in [3.63, 3.8) is 0 Å². The number of amides is 1. The van der Waals surface area contributed by atoms with Crippen LogP contribution in [0, 0.1) is 0 Å². The summed E-state index contributed by atoms with van der Waals surface area (Å²) in [5.41, 5.74) is 0.613. The first-order valence-corrected chi connectivity index (χ1v) is 4.88. The van der Waals surface area contributed by atoms with E-state index in [1.54, 1.807) is 36.8 Å². The maximum atomic E-state index is 11.8. The van der Waals surface area contributed by atoms with Crippen LogP contribution >= 0.6 is 0 Å². The first kappa shape index (κ1) is 10.2. The molecule has 80 valence electrons. The Hall–Kier alpha value is -2.36. The predicted molar refractivity (Wildman–Crippen MR) is 62.8 cm³/mol. The minimum Gasteiger partial charge on any atom is -0.347 e. The van der Waals surface area contributed by atoms with Crippen LogP contribution in [0.5, 0.6) is 0 Å². The van der Waals surface area contributed by atoms with Crippen molar-refractivity contribution in [1.82, 2.24) is 10.6 Å². The Labute approximate surface area is 93.4 Å². The highest BCUT2D eigenvalue weighted by atomic mass is 16.1. The molecule has 0 bridgehead atoms. The number of benzene rings is 1. The van der Waals surface area contributed by atoms with E-state index in [2.05, 4.69) is 15.6 Å². The first-order valence-electron chi connectivity index (χ1n) is 4.88. The normalized spacial score (nSPS) is 13.6. The number of carbonyl (C=O) groups excluding carboxylic acids is 1. The van der Waals surface area contributed by atoms with E-state index in [4.69, 9.17) is 0 Å². The molecule has 0 unspecified atom stereocenters. The molecular weight excluding hydrogens is 202 g/mol. The quantitative estimate of drug-likeness (QED) is 0.780. The molecule has 4 heteroatoms. The molecule has 1 aliphatic heterocycles. The van der Waals surface area contributed by atoms with E-state index >= 15 is 0 Å². The van der Waals surface area contributed by atoms with Crippen molar-refractivity contribution >= 4 is 12.1 Å². The van der Waals surface area contributed by atoms with Gasteiger partial charge in [0, 0.05) is 18.0 Å². The summed E-state index contributed by atoms with van der Waals surface area (Å²) in [5, 5.41) is 5.63. The molecule has 0 fully saturated rings. The topological polar surface area (TPSA) is 53.5 Å². The molecule has 1 aromatic carbocycles. The lowest BCUT2D eigenvalue weighted by Crippen LogP contribution is -2.28. The molecule has 0 spiro atoms. The molecule has 0 aliphatic carbocycles. The zero-order chi connectivity index (χ0) is 11.2. The van der Waals surface area contributed by atoms with Crippen molar-refractivity contribution in [2.24, 2.45) is 4.99 Å². The van der Waals surface area contributed by atoms with Gasteiger partial charge in [-0.25, -0.2) is 0 Å². The van der Waals surface area contributed by atoms with Crippen molar-refractivity contribution in [2.75, 3.05) is 0 Å². The smallest absolute Gasteiger partial charge is 0.256 e. The molecule has 2 N–H and O–H groups in total. The highest BCUT2D eigenvalue weighted by Gasteiger charge is 2.06. The maximum Gasteiger partial charge on any atom is 0.256 e. The number of allylic oxidation sites excluding steroid dienone is 1. The minimum atomic E-state index is -0.162. The monoisotopic (exact) mass is 213 g/mol. The SMILES string of the molecule is O=C(NC1=CN=CC=CN1)c1ccccc1. The second-order valence-corrected chi connectivity index (χ2v) is 3.16.